The Bertz CT molecular complexity index is 323. The summed E-state index contributed by atoms with van der Waals surface area (Å²) in [5, 5.41) is 1.06. The molecule has 0 aromatic heterocycles. The molecule has 0 N–H and O–H groups in total. The largest absolute Gasteiger partial charge is 0.0921 e. The fourth-order valence-corrected chi connectivity index (χ4v) is 3.03. The lowest BCUT2D eigenvalue weighted by Gasteiger charge is -2.21. The summed E-state index contributed by atoms with van der Waals surface area (Å²) in [6.45, 7) is 11.2. The van der Waals surface area contributed by atoms with Gasteiger partial charge < -0.3 is 0 Å². The van der Waals surface area contributed by atoms with Crippen LogP contribution in [0.15, 0.2) is 6.07 Å². The lowest BCUT2D eigenvalue weighted by molar-refractivity contribution is 0.735. The highest BCUT2D eigenvalue weighted by Gasteiger charge is 2.15. The van der Waals surface area contributed by atoms with E-state index < -0.39 is 0 Å². The van der Waals surface area contributed by atoms with Crippen LogP contribution in [0.4, 0.5) is 0 Å². The predicted octanol–water partition coefficient (Wildman–Crippen LogP) is 4.81. The molecule has 1 rings (SSSR count). The maximum atomic E-state index is 3.63. The van der Waals surface area contributed by atoms with Crippen LogP contribution in [0.1, 0.15) is 47.1 Å². The van der Waals surface area contributed by atoms with E-state index in [1.165, 1.54) is 28.7 Å². The van der Waals surface area contributed by atoms with Gasteiger partial charge in [0.05, 0.1) is 0 Å². The maximum Gasteiger partial charge on any atom is 0.0100 e. The van der Waals surface area contributed by atoms with Crippen LogP contribution in [-0.4, -0.2) is 5.33 Å². The quantitative estimate of drug-likeness (QED) is 0.691. The highest BCUT2D eigenvalue weighted by molar-refractivity contribution is 9.09. The van der Waals surface area contributed by atoms with Crippen LogP contribution < -0.4 is 0 Å². The smallest absolute Gasteiger partial charge is 0.0100 e. The zero-order valence-electron chi connectivity index (χ0n) is 10.4. The fraction of sp³-hybridized carbons (Fsp3) is 0.571. The number of halogens is 1. The van der Waals surface area contributed by atoms with E-state index in [0.29, 0.717) is 5.92 Å². The van der Waals surface area contributed by atoms with E-state index in [2.05, 4.69) is 56.6 Å². The van der Waals surface area contributed by atoms with Gasteiger partial charge in [-0.3, -0.25) is 0 Å². The van der Waals surface area contributed by atoms with E-state index in [1.54, 1.807) is 5.56 Å². The van der Waals surface area contributed by atoms with Crippen molar-refractivity contribution in [2.45, 2.75) is 47.0 Å². The maximum absolute atomic E-state index is 3.63. The van der Waals surface area contributed by atoms with Gasteiger partial charge in [-0.1, -0.05) is 28.9 Å². The average molecular weight is 269 g/mol. The first-order chi connectivity index (χ1) is 7.02. The highest BCUT2D eigenvalue weighted by Crippen LogP contribution is 2.31. The second kappa shape index (κ2) is 5.16. The molecule has 0 heterocycles. The molecule has 0 saturated carbocycles. The number of hydrogen-bond donors (Lipinski definition) is 0. The Morgan fingerprint density at radius 3 is 1.87 bits per heavy atom. The minimum Gasteiger partial charge on any atom is -0.0921 e. The van der Waals surface area contributed by atoms with Crippen molar-refractivity contribution in [3.63, 3.8) is 0 Å². The van der Waals surface area contributed by atoms with Crippen molar-refractivity contribution >= 4 is 15.9 Å². The third kappa shape index (κ3) is 2.44. The molecule has 0 nitrogen and oxygen atoms in total. The first-order valence-corrected chi connectivity index (χ1v) is 6.78. The SMILES string of the molecule is CCC(CBr)c1c(C)c(C)cc(C)c1C. The third-order valence-corrected chi connectivity index (χ3v) is 4.29. The molecule has 15 heavy (non-hydrogen) atoms. The van der Waals surface area contributed by atoms with Gasteiger partial charge in [0.2, 0.25) is 0 Å². The standard InChI is InChI=1S/C14H21Br/c1-6-13(8-15)14-11(4)9(2)7-10(3)12(14)5/h7,13H,6,8H2,1-5H3. The summed E-state index contributed by atoms with van der Waals surface area (Å²) >= 11 is 3.63. The van der Waals surface area contributed by atoms with Crippen molar-refractivity contribution in [3.05, 3.63) is 33.9 Å². The van der Waals surface area contributed by atoms with Crippen molar-refractivity contribution in [2.24, 2.45) is 0 Å². The number of aryl methyl sites for hydroxylation is 2. The summed E-state index contributed by atoms with van der Waals surface area (Å²) in [5.74, 6) is 0.656. The van der Waals surface area contributed by atoms with E-state index in [4.69, 9.17) is 0 Å². The molecule has 0 amide bonds. The predicted molar refractivity (Wildman–Crippen MR) is 72.2 cm³/mol. The second-order valence-corrected chi connectivity index (χ2v) is 5.08. The average Bonchev–Trinajstić information content (AvgIpc) is 2.21. The third-order valence-electron chi connectivity index (χ3n) is 3.51. The van der Waals surface area contributed by atoms with Crippen LogP contribution in [0.25, 0.3) is 0 Å². The Morgan fingerprint density at radius 2 is 1.53 bits per heavy atom. The van der Waals surface area contributed by atoms with Crippen LogP contribution in [0.5, 0.6) is 0 Å². The Hall–Kier alpha value is -0.300. The molecule has 1 atom stereocenters. The molecule has 1 aromatic rings. The molecule has 1 unspecified atom stereocenters. The summed E-state index contributed by atoms with van der Waals surface area (Å²) in [6, 6.07) is 2.30. The van der Waals surface area contributed by atoms with E-state index in [9.17, 15) is 0 Å². The van der Waals surface area contributed by atoms with Gasteiger partial charge in [0.25, 0.3) is 0 Å². The summed E-state index contributed by atoms with van der Waals surface area (Å²) in [7, 11) is 0. The molecule has 0 bridgehead atoms. The topological polar surface area (TPSA) is 0 Å². The van der Waals surface area contributed by atoms with Crippen LogP contribution in [0, 0.1) is 27.7 Å². The van der Waals surface area contributed by atoms with E-state index >= 15 is 0 Å². The lowest BCUT2D eigenvalue weighted by atomic mass is 9.86. The highest BCUT2D eigenvalue weighted by atomic mass is 79.9. The van der Waals surface area contributed by atoms with Crippen molar-refractivity contribution in [2.75, 3.05) is 5.33 Å². The number of rotatable bonds is 3. The van der Waals surface area contributed by atoms with E-state index in [1.807, 2.05) is 0 Å². The normalized spacial score (nSPS) is 12.9. The zero-order valence-corrected chi connectivity index (χ0v) is 12.0. The molecule has 1 aromatic carbocycles. The molecule has 0 aliphatic carbocycles. The number of benzene rings is 1. The van der Waals surface area contributed by atoms with Crippen LogP contribution in [0.3, 0.4) is 0 Å². The zero-order chi connectivity index (χ0) is 11.6. The van der Waals surface area contributed by atoms with Crippen LogP contribution >= 0.6 is 15.9 Å². The molecular weight excluding hydrogens is 248 g/mol. The summed E-state index contributed by atoms with van der Waals surface area (Å²) in [5.41, 5.74) is 7.36. The molecule has 0 fully saturated rings. The van der Waals surface area contributed by atoms with Crippen molar-refractivity contribution < 1.29 is 0 Å². The molecule has 0 spiro atoms. The monoisotopic (exact) mass is 268 g/mol. The Balaban J connectivity index is 3.37. The molecule has 1 heteroatoms. The minimum absolute atomic E-state index is 0.656. The van der Waals surface area contributed by atoms with E-state index in [-0.39, 0.29) is 0 Å². The number of alkyl halides is 1. The second-order valence-electron chi connectivity index (χ2n) is 4.43. The van der Waals surface area contributed by atoms with Crippen molar-refractivity contribution in [3.8, 4) is 0 Å². The lowest BCUT2D eigenvalue weighted by Crippen LogP contribution is -2.06. The summed E-state index contributed by atoms with van der Waals surface area (Å²) < 4.78 is 0. The summed E-state index contributed by atoms with van der Waals surface area (Å²) in [6.07, 6.45) is 1.20. The molecular formula is C14H21Br. The molecule has 0 aliphatic heterocycles. The number of hydrogen-bond acceptors (Lipinski definition) is 0. The van der Waals surface area contributed by atoms with Gasteiger partial charge in [-0.15, -0.1) is 0 Å². The van der Waals surface area contributed by atoms with Gasteiger partial charge >= 0.3 is 0 Å². The molecule has 0 saturated heterocycles. The fourth-order valence-electron chi connectivity index (χ4n) is 2.25. The van der Waals surface area contributed by atoms with Crippen LogP contribution in [-0.2, 0) is 0 Å². The van der Waals surface area contributed by atoms with Gasteiger partial charge in [0, 0.05) is 5.33 Å². The van der Waals surface area contributed by atoms with E-state index in [0.717, 1.165) is 5.33 Å². The van der Waals surface area contributed by atoms with Gasteiger partial charge in [-0.05, 0) is 67.9 Å². The molecule has 84 valence electrons. The Labute approximate surface area is 102 Å². The van der Waals surface area contributed by atoms with Gasteiger partial charge in [-0.25, -0.2) is 0 Å². The van der Waals surface area contributed by atoms with Gasteiger partial charge in [-0.2, -0.15) is 0 Å². The molecule has 0 radical (unpaired) electrons. The van der Waals surface area contributed by atoms with Crippen molar-refractivity contribution in [1.82, 2.24) is 0 Å². The minimum atomic E-state index is 0.656. The Morgan fingerprint density at radius 1 is 1.07 bits per heavy atom. The molecule has 0 aliphatic rings. The first-order valence-electron chi connectivity index (χ1n) is 5.66. The first kappa shape index (κ1) is 12.8. The Kier molecular flexibility index (Phi) is 4.39. The van der Waals surface area contributed by atoms with Gasteiger partial charge in [0.15, 0.2) is 0 Å². The van der Waals surface area contributed by atoms with Crippen molar-refractivity contribution in [1.29, 1.82) is 0 Å². The van der Waals surface area contributed by atoms with Crippen LogP contribution in [0.2, 0.25) is 0 Å². The summed E-state index contributed by atoms with van der Waals surface area (Å²) in [4.78, 5) is 0. The van der Waals surface area contributed by atoms with Gasteiger partial charge in [0.1, 0.15) is 0 Å².